The number of hydrogen-bond donors (Lipinski definition) is 2. The summed E-state index contributed by atoms with van der Waals surface area (Å²) in [5.41, 5.74) is -1.09. The Morgan fingerprint density at radius 1 is 1.28 bits per heavy atom. The summed E-state index contributed by atoms with van der Waals surface area (Å²) in [5.74, 6) is -2.98. The molecule has 1 aromatic carbocycles. The monoisotopic (exact) mass is 430 g/mol. The number of fused-ring (bicyclic) bond motifs is 1. The quantitative estimate of drug-likeness (QED) is 0.760. The Labute approximate surface area is 168 Å². The third-order valence-corrected chi connectivity index (χ3v) is 5.99. The van der Waals surface area contributed by atoms with Crippen LogP contribution in [0.4, 0.5) is 18.9 Å². The molecule has 2 aromatic rings. The molecule has 0 spiro atoms. The third kappa shape index (κ3) is 3.36. The molecule has 0 unspecified atom stereocenters. The zero-order chi connectivity index (χ0) is 21.0. The minimum Gasteiger partial charge on any atom is -0.477 e. The molecule has 0 amide bonds. The van der Waals surface area contributed by atoms with Gasteiger partial charge in [-0.25, -0.2) is 18.0 Å². The first-order valence-electron chi connectivity index (χ1n) is 9.22. The molecule has 2 fully saturated rings. The Bertz CT molecular complexity index is 1050. The number of nitrogens with zero attached hydrogens (tertiary/aromatic N) is 2. The molecule has 1 aromatic heterocycles. The summed E-state index contributed by atoms with van der Waals surface area (Å²) in [6, 6.07) is 0.917. The van der Waals surface area contributed by atoms with Crippen molar-refractivity contribution in [2.75, 3.05) is 18.0 Å². The highest BCUT2D eigenvalue weighted by molar-refractivity contribution is 6.38. The summed E-state index contributed by atoms with van der Waals surface area (Å²) in [7, 11) is 0. The average molecular weight is 431 g/mol. The van der Waals surface area contributed by atoms with Crippen molar-refractivity contribution in [2.24, 2.45) is 5.92 Å². The first-order valence-corrected chi connectivity index (χ1v) is 9.59. The molecule has 10 heteroatoms. The number of hydrogen-bond acceptors (Lipinski definition) is 4. The Hall–Kier alpha value is -2.26. The van der Waals surface area contributed by atoms with E-state index in [-0.39, 0.29) is 47.2 Å². The van der Waals surface area contributed by atoms with Gasteiger partial charge in [0.2, 0.25) is 5.43 Å². The maximum absolute atomic E-state index is 14.9. The number of anilines is 1. The molecule has 1 aliphatic heterocycles. The minimum atomic E-state index is -2.90. The van der Waals surface area contributed by atoms with E-state index in [1.165, 1.54) is 11.1 Å². The molecule has 2 atom stereocenters. The standard InChI is InChI=1S/C19H18ClF3N2O4/c20-13-14-10(17(27)11(19(28)29)7-25(14)9-1-2-9)5-12(21)15(13)24-4-3-8(6-24)16(26)18(22)23/h5,7-9,16,18,26H,1-4,6H2,(H,28,29)/t8-,16+/m1/s1. The molecule has 2 aliphatic rings. The van der Waals surface area contributed by atoms with E-state index in [0.717, 1.165) is 18.9 Å². The summed E-state index contributed by atoms with van der Waals surface area (Å²) >= 11 is 6.50. The van der Waals surface area contributed by atoms with E-state index in [1.54, 1.807) is 4.57 Å². The number of aliphatic hydroxyl groups excluding tert-OH is 1. The van der Waals surface area contributed by atoms with Crippen LogP contribution in [0.3, 0.4) is 0 Å². The lowest BCUT2D eigenvalue weighted by Crippen LogP contribution is -2.31. The van der Waals surface area contributed by atoms with Crippen LogP contribution < -0.4 is 10.3 Å². The molecule has 6 nitrogen and oxygen atoms in total. The summed E-state index contributed by atoms with van der Waals surface area (Å²) < 4.78 is 42.2. The van der Waals surface area contributed by atoms with Gasteiger partial charge in [-0.3, -0.25) is 4.79 Å². The molecule has 2 heterocycles. The van der Waals surface area contributed by atoms with Crippen LogP contribution in [-0.2, 0) is 0 Å². The zero-order valence-electron chi connectivity index (χ0n) is 15.1. The van der Waals surface area contributed by atoms with E-state index >= 15 is 0 Å². The predicted molar refractivity (Wildman–Crippen MR) is 101 cm³/mol. The Balaban J connectivity index is 1.85. The van der Waals surface area contributed by atoms with Gasteiger partial charge in [-0.2, -0.15) is 0 Å². The van der Waals surface area contributed by atoms with Gasteiger partial charge in [0.1, 0.15) is 17.5 Å². The number of rotatable bonds is 5. The molecule has 2 N–H and O–H groups in total. The fraction of sp³-hybridized carbons (Fsp3) is 0.474. The molecule has 0 radical (unpaired) electrons. The van der Waals surface area contributed by atoms with Crippen molar-refractivity contribution in [3.05, 3.63) is 38.9 Å². The molecular weight excluding hydrogens is 413 g/mol. The molecule has 156 valence electrons. The minimum absolute atomic E-state index is 0.00543. The SMILES string of the molecule is O=C(O)c1cn(C2CC2)c2c(Cl)c(N3CC[C@@H]([C@H](O)C(F)F)C3)c(F)cc2c1=O. The Morgan fingerprint density at radius 2 is 1.97 bits per heavy atom. The van der Waals surface area contributed by atoms with Crippen LogP contribution in [0.1, 0.15) is 35.7 Å². The number of alkyl halides is 2. The maximum atomic E-state index is 14.9. The van der Waals surface area contributed by atoms with Crippen molar-refractivity contribution >= 4 is 34.2 Å². The number of carbonyl (C=O) groups is 1. The first kappa shape index (κ1) is 20.0. The van der Waals surface area contributed by atoms with Gasteiger partial charge in [0.25, 0.3) is 6.43 Å². The maximum Gasteiger partial charge on any atom is 0.341 e. The van der Waals surface area contributed by atoms with Crippen LogP contribution in [0.15, 0.2) is 17.1 Å². The molecular formula is C19H18ClF3N2O4. The topological polar surface area (TPSA) is 82.8 Å². The highest BCUT2D eigenvalue weighted by atomic mass is 35.5. The van der Waals surface area contributed by atoms with Gasteiger partial charge in [-0.05, 0) is 25.3 Å². The average Bonchev–Trinajstić information content (AvgIpc) is 3.39. The van der Waals surface area contributed by atoms with E-state index in [9.17, 15) is 33.0 Å². The highest BCUT2D eigenvalue weighted by Gasteiger charge is 2.36. The van der Waals surface area contributed by atoms with Crippen molar-refractivity contribution in [3.8, 4) is 0 Å². The number of aliphatic hydroxyl groups is 1. The fourth-order valence-electron chi connectivity index (χ4n) is 3.99. The van der Waals surface area contributed by atoms with E-state index in [4.69, 9.17) is 11.6 Å². The van der Waals surface area contributed by atoms with Crippen molar-refractivity contribution in [1.29, 1.82) is 0 Å². The van der Waals surface area contributed by atoms with Crippen LogP contribution in [0.2, 0.25) is 5.02 Å². The normalized spacial score (nSPS) is 20.6. The largest absolute Gasteiger partial charge is 0.477 e. The summed E-state index contributed by atoms with van der Waals surface area (Å²) in [6.45, 7) is 0.214. The van der Waals surface area contributed by atoms with Crippen molar-refractivity contribution < 1.29 is 28.2 Å². The second kappa shape index (κ2) is 7.21. The van der Waals surface area contributed by atoms with Gasteiger partial charge >= 0.3 is 5.97 Å². The van der Waals surface area contributed by atoms with Crippen molar-refractivity contribution in [1.82, 2.24) is 4.57 Å². The lowest BCUT2D eigenvalue weighted by molar-refractivity contribution is -0.0334. The highest BCUT2D eigenvalue weighted by Crippen LogP contribution is 2.43. The first-order chi connectivity index (χ1) is 13.7. The molecule has 0 bridgehead atoms. The van der Waals surface area contributed by atoms with E-state index in [1.807, 2.05) is 0 Å². The molecule has 4 rings (SSSR count). The number of carboxylic acids is 1. The van der Waals surface area contributed by atoms with Crippen LogP contribution >= 0.6 is 11.6 Å². The second-order valence-electron chi connectivity index (χ2n) is 7.55. The van der Waals surface area contributed by atoms with Crippen LogP contribution in [0, 0.1) is 11.7 Å². The number of halogens is 4. The van der Waals surface area contributed by atoms with Gasteiger partial charge in [-0.1, -0.05) is 11.6 Å². The van der Waals surface area contributed by atoms with Crippen LogP contribution in [0.25, 0.3) is 10.9 Å². The molecule has 1 saturated heterocycles. The van der Waals surface area contributed by atoms with Gasteiger partial charge in [0.15, 0.2) is 0 Å². The molecule has 1 aliphatic carbocycles. The van der Waals surface area contributed by atoms with Gasteiger partial charge < -0.3 is 19.7 Å². The number of aromatic carboxylic acids is 1. The predicted octanol–water partition coefficient (Wildman–Crippen LogP) is 3.28. The van der Waals surface area contributed by atoms with E-state index < -0.39 is 41.2 Å². The van der Waals surface area contributed by atoms with Crippen molar-refractivity contribution in [2.45, 2.75) is 37.8 Å². The smallest absolute Gasteiger partial charge is 0.341 e. The van der Waals surface area contributed by atoms with Crippen LogP contribution in [0.5, 0.6) is 0 Å². The lowest BCUT2D eigenvalue weighted by atomic mass is 10.0. The molecule has 1 saturated carbocycles. The fourth-order valence-corrected chi connectivity index (χ4v) is 4.40. The number of carboxylic acid groups (broad SMARTS) is 1. The Kier molecular flexibility index (Phi) is 4.98. The van der Waals surface area contributed by atoms with E-state index in [2.05, 4.69) is 0 Å². The molecule has 29 heavy (non-hydrogen) atoms. The number of aromatic nitrogens is 1. The Morgan fingerprint density at radius 3 is 2.55 bits per heavy atom. The van der Waals surface area contributed by atoms with E-state index in [0.29, 0.717) is 0 Å². The van der Waals surface area contributed by atoms with Crippen LogP contribution in [-0.4, -0.2) is 46.4 Å². The van der Waals surface area contributed by atoms with Gasteiger partial charge in [-0.15, -0.1) is 0 Å². The lowest BCUT2D eigenvalue weighted by Gasteiger charge is -2.24. The summed E-state index contributed by atoms with van der Waals surface area (Å²) in [5, 5.41) is 18.8. The number of pyridine rings is 1. The van der Waals surface area contributed by atoms with Gasteiger partial charge in [0, 0.05) is 31.2 Å². The summed E-state index contributed by atoms with van der Waals surface area (Å²) in [4.78, 5) is 25.5. The number of benzene rings is 1. The zero-order valence-corrected chi connectivity index (χ0v) is 15.9. The van der Waals surface area contributed by atoms with Gasteiger partial charge in [0.05, 0.1) is 21.6 Å². The van der Waals surface area contributed by atoms with Crippen molar-refractivity contribution in [3.63, 3.8) is 0 Å². The third-order valence-electron chi connectivity index (χ3n) is 5.64. The summed E-state index contributed by atoms with van der Waals surface area (Å²) in [6.07, 6.45) is -1.70. The second-order valence-corrected chi connectivity index (χ2v) is 7.93.